The molecule has 2 aromatic carbocycles. The number of hydrogen-bond donors (Lipinski definition) is 1. The second-order valence-electron chi connectivity index (χ2n) is 6.73. The molecule has 3 rings (SSSR count). The lowest BCUT2D eigenvalue weighted by Gasteiger charge is -2.16. The molecule has 0 aliphatic rings. The highest BCUT2D eigenvalue weighted by Crippen LogP contribution is 2.29. The summed E-state index contributed by atoms with van der Waals surface area (Å²) in [5.41, 5.74) is 2.58. The number of thioether (sulfide) groups is 1. The minimum Gasteiger partial charge on any atom is -0.349 e. The highest BCUT2D eigenvalue weighted by atomic mass is 35.5. The van der Waals surface area contributed by atoms with Crippen molar-refractivity contribution in [1.29, 1.82) is 0 Å². The van der Waals surface area contributed by atoms with E-state index in [1.54, 1.807) is 6.92 Å². The van der Waals surface area contributed by atoms with E-state index in [9.17, 15) is 9.18 Å². The van der Waals surface area contributed by atoms with Crippen LogP contribution in [0.3, 0.4) is 0 Å². The van der Waals surface area contributed by atoms with E-state index < -0.39 is 11.9 Å². The van der Waals surface area contributed by atoms with E-state index in [0.717, 1.165) is 17.0 Å². The van der Waals surface area contributed by atoms with Gasteiger partial charge in [0.1, 0.15) is 5.82 Å². The SMILES string of the molecule is CCn1c(SCC(=O)NC(C)c2cc(F)c(Cl)cc2Cl)nnc1-c1ccccc1C. The Kier molecular flexibility index (Phi) is 7.39. The monoisotopic (exact) mass is 466 g/mol. The van der Waals surface area contributed by atoms with E-state index in [4.69, 9.17) is 23.2 Å². The van der Waals surface area contributed by atoms with Crippen molar-refractivity contribution in [3.63, 3.8) is 0 Å². The molecular weight excluding hydrogens is 446 g/mol. The van der Waals surface area contributed by atoms with Crippen molar-refractivity contribution in [2.45, 2.75) is 38.5 Å². The van der Waals surface area contributed by atoms with Crippen LogP contribution in [0.5, 0.6) is 0 Å². The minimum absolute atomic E-state index is 0.0545. The Balaban J connectivity index is 1.68. The molecule has 0 spiro atoms. The third kappa shape index (κ3) is 4.96. The Labute approximate surface area is 189 Å². The van der Waals surface area contributed by atoms with Gasteiger partial charge in [-0.2, -0.15) is 0 Å². The fourth-order valence-electron chi connectivity index (χ4n) is 3.06. The number of aryl methyl sites for hydroxylation is 1. The van der Waals surface area contributed by atoms with E-state index in [0.29, 0.717) is 22.3 Å². The van der Waals surface area contributed by atoms with E-state index in [2.05, 4.69) is 15.5 Å². The van der Waals surface area contributed by atoms with Gasteiger partial charge in [0.25, 0.3) is 0 Å². The standard InChI is InChI=1S/C21H21Cl2FN4OS/c1-4-28-20(14-8-6-5-7-12(14)2)26-27-21(28)30-11-19(29)25-13(3)15-9-18(24)17(23)10-16(15)22/h5-10,13H,4,11H2,1-3H3,(H,25,29). The molecule has 5 nitrogen and oxygen atoms in total. The smallest absolute Gasteiger partial charge is 0.230 e. The van der Waals surface area contributed by atoms with Gasteiger partial charge in [0.05, 0.1) is 16.8 Å². The van der Waals surface area contributed by atoms with Crippen LogP contribution in [0.2, 0.25) is 10.0 Å². The zero-order valence-electron chi connectivity index (χ0n) is 16.7. The normalized spacial score (nSPS) is 12.1. The molecule has 1 unspecified atom stereocenters. The Bertz CT molecular complexity index is 1070. The predicted octanol–water partition coefficient (Wildman–Crippen LogP) is 5.69. The van der Waals surface area contributed by atoms with Gasteiger partial charge < -0.3 is 9.88 Å². The van der Waals surface area contributed by atoms with Crippen molar-refractivity contribution < 1.29 is 9.18 Å². The molecule has 0 radical (unpaired) electrons. The van der Waals surface area contributed by atoms with Crippen LogP contribution in [0, 0.1) is 12.7 Å². The molecule has 30 heavy (non-hydrogen) atoms. The summed E-state index contributed by atoms with van der Waals surface area (Å²) < 4.78 is 15.7. The van der Waals surface area contributed by atoms with E-state index in [-0.39, 0.29) is 16.7 Å². The van der Waals surface area contributed by atoms with Crippen molar-refractivity contribution >= 4 is 40.9 Å². The van der Waals surface area contributed by atoms with Crippen LogP contribution in [0.4, 0.5) is 4.39 Å². The van der Waals surface area contributed by atoms with Crippen LogP contribution in [0.1, 0.15) is 31.0 Å². The molecule has 0 saturated heterocycles. The molecule has 1 aromatic heterocycles. The summed E-state index contributed by atoms with van der Waals surface area (Å²) in [6.07, 6.45) is 0. The van der Waals surface area contributed by atoms with Gasteiger partial charge in [0.2, 0.25) is 5.91 Å². The van der Waals surface area contributed by atoms with E-state index in [1.807, 2.05) is 42.7 Å². The second-order valence-corrected chi connectivity index (χ2v) is 8.49. The Morgan fingerprint density at radius 2 is 1.97 bits per heavy atom. The van der Waals surface area contributed by atoms with Crippen LogP contribution in [0.25, 0.3) is 11.4 Å². The number of carbonyl (C=O) groups excluding carboxylic acids is 1. The zero-order chi connectivity index (χ0) is 21.8. The van der Waals surface area contributed by atoms with Crippen molar-refractivity contribution in [3.05, 3.63) is 63.4 Å². The molecule has 1 amide bonds. The summed E-state index contributed by atoms with van der Waals surface area (Å²) in [5, 5.41) is 12.3. The molecule has 158 valence electrons. The number of rotatable bonds is 7. The molecule has 1 N–H and O–H groups in total. The fraction of sp³-hybridized carbons (Fsp3) is 0.286. The third-order valence-corrected chi connectivity index (χ3v) is 6.22. The van der Waals surface area contributed by atoms with Gasteiger partial charge in [-0.15, -0.1) is 10.2 Å². The Morgan fingerprint density at radius 3 is 2.67 bits per heavy atom. The second kappa shape index (κ2) is 9.81. The van der Waals surface area contributed by atoms with Gasteiger partial charge in [-0.3, -0.25) is 4.79 Å². The maximum absolute atomic E-state index is 13.8. The molecule has 0 bridgehead atoms. The number of benzene rings is 2. The summed E-state index contributed by atoms with van der Waals surface area (Å²) in [7, 11) is 0. The van der Waals surface area contributed by atoms with Crippen LogP contribution in [-0.2, 0) is 11.3 Å². The maximum atomic E-state index is 13.8. The molecule has 0 aliphatic heterocycles. The van der Waals surface area contributed by atoms with Gasteiger partial charge in [0.15, 0.2) is 11.0 Å². The van der Waals surface area contributed by atoms with Gasteiger partial charge in [-0.1, -0.05) is 59.2 Å². The highest BCUT2D eigenvalue weighted by Gasteiger charge is 2.18. The lowest BCUT2D eigenvalue weighted by molar-refractivity contribution is -0.119. The summed E-state index contributed by atoms with van der Waals surface area (Å²) in [4.78, 5) is 12.4. The predicted molar refractivity (Wildman–Crippen MR) is 120 cm³/mol. The van der Waals surface area contributed by atoms with Crippen molar-refractivity contribution in [1.82, 2.24) is 20.1 Å². The number of nitrogens with one attached hydrogen (secondary N) is 1. The first-order chi connectivity index (χ1) is 14.3. The number of halogens is 3. The quantitative estimate of drug-likeness (QED) is 0.358. The summed E-state index contributed by atoms with van der Waals surface area (Å²) in [6.45, 7) is 6.45. The molecule has 9 heteroatoms. The lowest BCUT2D eigenvalue weighted by Crippen LogP contribution is -2.28. The molecule has 0 fully saturated rings. The zero-order valence-corrected chi connectivity index (χ0v) is 19.1. The number of nitrogens with zero attached hydrogens (tertiary/aromatic N) is 3. The van der Waals surface area contributed by atoms with Crippen molar-refractivity contribution in [2.75, 3.05) is 5.75 Å². The average molecular weight is 467 g/mol. The number of carbonyl (C=O) groups is 1. The number of hydrogen-bond acceptors (Lipinski definition) is 4. The maximum Gasteiger partial charge on any atom is 0.230 e. The average Bonchev–Trinajstić information content (AvgIpc) is 3.12. The van der Waals surface area contributed by atoms with Crippen molar-refractivity contribution in [2.24, 2.45) is 0 Å². The van der Waals surface area contributed by atoms with E-state index in [1.165, 1.54) is 23.9 Å². The van der Waals surface area contributed by atoms with Crippen molar-refractivity contribution in [3.8, 4) is 11.4 Å². The van der Waals surface area contributed by atoms with Gasteiger partial charge in [-0.05, 0) is 44.0 Å². The largest absolute Gasteiger partial charge is 0.349 e. The third-order valence-electron chi connectivity index (χ3n) is 4.64. The van der Waals surface area contributed by atoms with E-state index >= 15 is 0 Å². The first-order valence-corrected chi connectivity index (χ1v) is 11.1. The Hall–Kier alpha value is -2.09. The summed E-state index contributed by atoms with van der Waals surface area (Å²) in [6, 6.07) is 10.1. The number of amides is 1. The number of aromatic nitrogens is 3. The lowest BCUT2D eigenvalue weighted by atomic mass is 10.1. The highest BCUT2D eigenvalue weighted by molar-refractivity contribution is 7.99. The first-order valence-electron chi connectivity index (χ1n) is 9.37. The summed E-state index contributed by atoms with van der Waals surface area (Å²) in [5.74, 6) is 0.118. The van der Waals surface area contributed by atoms with Crippen LogP contribution in [0.15, 0.2) is 41.6 Å². The van der Waals surface area contributed by atoms with Gasteiger partial charge in [0, 0.05) is 17.1 Å². The minimum atomic E-state index is -0.577. The molecule has 0 aliphatic carbocycles. The molecule has 3 aromatic rings. The van der Waals surface area contributed by atoms with Gasteiger partial charge in [-0.25, -0.2) is 4.39 Å². The van der Waals surface area contributed by atoms with Crippen LogP contribution >= 0.6 is 35.0 Å². The fourth-order valence-corrected chi connectivity index (χ4v) is 4.42. The van der Waals surface area contributed by atoms with Gasteiger partial charge >= 0.3 is 0 Å². The van der Waals surface area contributed by atoms with Crippen LogP contribution in [-0.4, -0.2) is 26.4 Å². The Morgan fingerprint density at radius 1 is 1.23 bits per heavy atom. The molecular formula is C21H21Cl2FN4OS. The van der Waals surface area contributed by atoms with Crippen LogP contribution < -0.4 is 5.32 Å². The molecule has 1 atom stereocenters. The first kappa shape index (κ1) is 22.6. The summed E-state index contributed by atoms with van der Waals surface area (Å²) >= 11 is 13.2. The molecule has 1 heterocycles. The molecule has 0 saturated carbocycles. The topological polar surface area (TPSA) is 59.8 Å².